The Morgan fingerprint density at radius 1 is 0.842 bits per heavy atom. The zero-order valence-corrected chi connectivity index (χ0v) is 12.1. The van der Waals surface area contributed by atoms with Crippen molar-refractivity contribution >= 4 is 22.6 Å². The molecule has 0 spiro atoms. The Hall–Kier alpha value is -1.62. The first-order valence-electron chi connectivity index (χ1n) is 5.85. The highest BCUT2D eigenvalue weighted by molar-refractivity contribution is 14.1. The molecule has 2 aromatic carbocycles. The van der Waals surface area contributed by atoms with Gasteiger partial charge in [-0.2, -0.15) is 0 Å². The second kappa shape index (κ2) is 5.17. The largest absolute Gasteiger partial charge is 0.455 e. The molecule has 0 fully saturated rings. The molecule has 0 saturated carbocycles. The summed E-state index contributed by atoms with van der Waals surface area (Å²) in [4.78, 5) is 0. The van der Waals surface area contributed by atoms with Gasteiger partial charge in [0.15, 0.2) is 0 Å². The van der Waals surface area contributed by atoms with Crippen LogP contribution in [0, 0.1) is 9.39 Å². The number of rotatable bonds is 2. The molecule has 0 saturated heterocycles. The molecule has 0 aliphatic heterocycles. The van der Waals surface area contributed by atoms with Crippen LogP contribution in [-0.4, -0.2) is 0 Å². The maximum atomic E-state index is 12.9. The second-order valence-electron chi connectivity index (χ2n) is 4.16. The summed E-state index contributed by atoms with van der Waals surface area (Å²) in [5.41, 5.74) is 1.92. The number of furan rings is 1. The second-order valence-corrected chi connectivity index (χ2v) is 5.32. The van der Waals surface area contributed by atoms with Crippen molar-refractivity contribution in [1.29, 1.82) is 0 Å². The van der Waals surface area contributed by atoms with Crippen LogP contribution in [0.4, 0.5) is 4.39 Å². The monoisotopic (exact) mass is 364 g/mol. The zero-order valence-electron chi connectivity index (χ0n) is 9.94. The number of hydrogen-bond acceptors (Lipinski definition) is 1. The van der Waals surface area contributed by atoms with Gasteiger partial charge in [0.1, 0.15) is 17.3 Å². The van der Waals surface area contributed by atoms with Gasteiger partial charge in [-0.3, -0.25) is 0 Å². The Kier molecular flexibility index (Phi) is 3.38. The summed E-state index contributed by atoms with van der Waals surface area (Å²) in [5, 5.41) is 0. The van der Waals surface area contributed by atoms with E-state index >= 15 is 0 Å². The maximum Gasteiger partial charge on any atom is 0.148 e. The minimum atomic E-state index is -0.242. The lowest BCUT2D eigenvalue weighted by molar-refractivity contribution is 0.595. The van der Waals surface area contributed by atoms with Gasteiger partial charge in [-0.15, -0.1) is 0 Å². The van der Waals surface area contributed by atoms with E-state index in [2.05, 4.69) is 22.6 Å². The summed E-state index contributed by atoms with van der Waals surface area (Å²) in [6.45, 7) is 0. The number of benzene rings is 2. The van der Waals surface area contributed by atoms with E-state index in [-0.39, 0.29) is 5.82 Å². The van der Waals surface area contributed by atoms with Crippen molar-refractivity contribution in [1.82, 2.24) is 0 Å². The third-order valence-corrected chi connectivity index (χ3v) is 3.65. The van der Waals surface area contributed by atoms with Crippen LogP contribution in [0.3, 0.4) is 0 Å². The Bertz CT molecular complexity index is 687. The molecule has 0 atom stereocenters. The highest BCUT2D eigenvalue weighted by Crippen LogP contribution is 2.33. The van der Waals surface area contributed by atoms with Crippen molar-refractivity contribution in [3.63, 3.8) is 0 Å². The van der Waals surface area contributed by atoms with E-state index < -0.39 is 0 Å². The van der Waals surface area contributed by atoms with E-state index in [0.29, 0.717) is 0 Å². The van der Waals surface area contributed by atoms with Gasteiger partial charge in [-0.05, 0) is 52.9 Å². The fourth-order valence-electron chi connectivity index (χ4n) is 1.91. The molecule has 94 valence electrons. The smallest absolute Gasteiger partial charge is 0.148 e. The van der Waals surface area contributed by atoms with Gasteiger partial charge in [0.25, 0.3) is 0 Å². The molecule has 0 unspecified atom stereocenters. The summed E-state index contributed by atoms with van der Waals surface area (Å²) in [5.74, 6) is 1.36. The van der Waals surface area contributed by atoms with Crippen LogP contribution in [0.15, 0.2) is 65.1 Å². The zero-order chi connectivity index (χ0) is 13.2. The standard InChI is InChI=1S/C16H10FIO/c17-13-8-6-11(7-9-13)15-10-14(18)16(19-15)12-4-2-1-3-5-12/h1-10H. The molecule has 19 heavy (non-hydrogen) atoms. The highest BCUT2D eigenvalue weighted by atomic mass is 127. The van der Waals surface area contributed by atoms with Gasteiger partial charge in [0, 0.05) is 11.1 Å². The molecule has 0 N–H and O–H groups in total. The average Bonchev–Trinajstić information content (AvgIpc) is 2.83. The Morgan fingerprint density at radius 2 is 1.53 bits per heavy atom. The summed E-state index contributed by atoms with van der Waals surface area (Å²) < 4.78 is 19.9. The summed E-state index contributed by atoms with van der Waals surface area (Å²) in [6.07, 6.45) is 0. The van der Waals surface area contributed by atoms with Gasteiger partial charge >= 0.3 is 0 Å². The van der Waals surface area contributed by atoms with E-state index in [9.17, 15) is 4.39 Å². The van der Waals surface area contributed by atoms with Crippen molar-refractivity contribution in [2.24, 2.45) is 0 Å². The molecule has 3 heteroatoms. The Balaban J connectivity index is 2.04. The van der Waals surface area contributed by atoms with Gasteiger partial charge < -0.3 is 4.42 Å². The van der Waals surface area contributed by atoms with Crippen molar-refractivity contribution in [3.8, 4) is 22.6 Å². The Morgan fingerprint density at radius 3 is 2.21 bits per heavy atom. The highest BCUT2D eigenvalue weighted by Gasteiger charge is 2.12. The molecular weight excluding hydrogens is 354 g/mol. The molecule has 0 aliphatic carbocycles. The van der Waals surface area contributed by atoms with Crippen LogP contribution < -0.4 is 0 Å². The lowest BCUT2D eigenvalue weighted by atomic mass is 10.1. The van der Waals surface area contributed by atoms with Crippen LogP contribution in [0.2, 0.25) is 0 Å². The molecule has 3 rings (SSSR count). The van der Waals surface area contributed by atoms with Gasteiger partial charge in [0.2, 0.25) is 0 Å². The molecule has 1 nitrogen and oxygen atoms in total. The topological polar surface area (TPSA) is 13.1 Å². The lowest BCUT2D eigenvalue weighted by Crippen LogP contribution is -1.75. The van der Waals surface area contributed by atoms with Crippen LogP contribution >= 0.6 is 22.6 Å². The molecule has 0 bridgehead atoms. The first-order chi connectivity index (χ1) is 9.24. The van der Waals surface area contributed by atoms with Crippen molar-refractivity contribution < 1.29 is 8.81 Å². The lowest BCUT2D eigenvalue weighted by Gasteiger charge is -1.98. The molecule has 0 amide bonds. The van der Waals surface area contributed by atoms with Gasteiger partial charge in [0.05, 0.1) is 3.57 Å². The van der Waals surface area contributed by atoms with Crippen molar-refractivity contribution in [3.05, 3.63) is 70.1 Å². The predicted octanol–water partition coefficient (Wildman–Crippen LogP) is 5.36. The molecule has 0 radical (unpaired) electrons. The third-order valence-electron chi connectivity index (χ3n) is 2.85. The van der Waals surface area contributed by atoms with Crippen molar-refractivity contribution in [2.45, 2.75) is 0 Å². The molecular formula is C16H10FIO. The number of hydrogen-bond donors (Lipinski definition) is 0. The minimum Gasteiger partial charge on any atom is -0.455 e. The molecule has 1 aromatic heterocycles. The van der Waals surface area contributed by atoms with Crippen molar-refractivity contribution in [2.75, 3.05) is 0 Å². The summed E-state index contributed by atoms with van der Waals surface area (Å²) in [7, 11) is 0. The molecule has 3 aromatic rings. The SMILES string of the molecule is Fc1ccc(-c2cc(I)c(-c3ccccc3)o2)cc1. The minimum absolute atomic E-state index is 0.242. The van der Waals surface area contributed by atoms with E-state index in [1.165, 1.54) is 12.1 Å². The van der Waals surface area contributed by atoms with Crippen LogP contribution in [0.1, 0.15) is 0 Å². The third kappa shape index (κ3) is 2.56. The van der Waals surface area contributed by atoms with Crippen LogP contribution in [0.25, 0.3) is 22.6 Å². The normalized spacial score (nSPS) is 10.6. The fraction of sp³-hybridized carbons (Fsp3) is 0. The van der Waals surface area contributed by atoms with Gasteiger partial charge in [-0.25, -0.2) is 4.39 Å². The van der Waals surface area contributed by atoms with E-state index in [1.807, 2.05) is 36.4 Å². The summed E-state index contributed by atoms with van der Waals surface area (Å²) >= 11 is 2.25. The van der Waals surface area contributed by atoms with E-state index in [1.54, 1.807) is 12.1 Å². The number of halogens is 2. The van der Waals surface area contributed by atoms with Crippen LogP contribution in [-0.2, 0) is 0 Å². The van der Waals surface area contributed by atoms with Crippen LogP contribution in [0.5, 0.6) is 0 Å². The maximum absolute atomic E-state index is 12.9. The van der Waals surface area contributed by atoms with Gasteiger partial charge in [-0.1, -0.05) is 30.3 Å². The summed E-state index contributed by atoms with van der Waals surface area (Å²) in [6, 6.07) is 18.2. The molecule has 1 heterocycles. The average molecular weight is 364 g/mol. The Labute approximate surface area is 124 Å². The van der Waals surface area contributed by atoms with E-state index in [0.717, 1.165) is 26.2 Å². The first-order valence-corrected chi connectivity index (χ1v) is 6.92. The quantitative estimate of drug-likeness (QED) is 0.558. The molecule has 0 aliphatic rings. The predicted molar refractivity (Wildman–Crippen MR) is 82.3 cm³/mol. The fourth-order valence-corrected chi connectivity index (χ4v) is 2.62. The first kappa shape index (κ1) is 12.4. The van der Waals surface area contributed by atoms with E-state index in [4.69, 9.17) is 4.42 Å².